The summed E-state index contributed by atoms with van der Waals surface area (Å²) in [5.41, 5.74) is 0.813. The maximum Gasteiger partial charge on any atom is 0.311 e. The van der Waals surface area contributed by atoms with Crippen molar-refractivity contribution in [3.05, 3.63) is 27.9 Å². The van der Waals surface area contributed by atoms with Gasteiger partial charge in [-0.2, -0.15) is 0 Å². The van der Waals surface area contributed by atoms with Gasteiger partial charge in [-0.15, -0.1) is 0 Å². The van der Waals surface area contributed by atoms with E-state index >= 15 is 0 Å². The lowest BCUT2D eigenvalue weighted by molar-refractivity contribution is -0.384. The average Bonchev–Trinajstić information content (AvgIpc) is 2.37. The summed E-state index contributed by atoms with van der Waals surface area (Å²) in [6, 6.07) is 3.69. The quantitative estimate of drug-likeness (QED) is 0.450. The lowest BCUT2D eigenvalue weighted by atomic mass is 10.2. The van der Waals surface area contributed by atoms with Crippen molar-refractivity contribution >= 4 is 11.5 Å². The van der Waals surface area contributed by atoms with Gasteiger partial charge < -0.3 is 10.2 Å². The summed E-state index contributed by atoms with van der Waals surface area (Å²) in [5, 5.41) is 14.0. The molecule has 0 saturated carbocycles. The molecule has 0 aliphatic carbocycles. The minimum absolute atomic E-state index is 0.0369. The van der Waals surface area contributed by atoms with Gasteiger partial charge >= 0.3 is 5.69 Å². The Morgan fingerprint density at radius 1 is 1.40 bits per heavy atom. The molecule has 0 unspecified atom stereocenters. The fourth-order valence-electron chi connectivity index (χ4n) is 1.78. The van der Waals surface area contributed by atoms with Gasteiger partial charge in [0.05, 0.1) is 4.92 Å². The second-order valence-electron chi connectivity index (χ2n) is 5.29. The second kappa shape index (κ2) is 7.79. The minimum Gasteiger partial charge on any atom is -0.364 e. The number of anilines is 1. The molecule has 6 nitrogen and oxygen atoms in total. The third-order valence-corrected chi connectivity index (χ3v) is 3.32. The van der Waals surface area contributed by atoms with E-state index in [1.807, 2.05) is 6.92 Å². The number of nitrogens with one attached hydrogen (secondary N) is 1. The Bertz CT molecular complexity index is 449. The Morgan fingerprint density at radius 3 is 2.70 bits per heavy atom. The molecule has 112 valence electrons. The molecule has 20 heavy (non-hydrogen) atoms. The van der Waals surface area contributed by atoms with Crippen LogP contribution in [0.25, 0.3) is 0 Å². The third kappa shape index (κ3) is 5.13. The summed E-state index contributed by atoms with van der Waals surface area (Å²) in [7, 11) is 2.10. The zero-order chi connectivity index (χ0) is 15.1. The molecule has 1 aromatic heterocycles. The van der Waals surface area contributed by atoms with Crippen LogP contribution in [0.4, 0.5) is 11.5 Å². The summed E-state index contributed by atoms with van der Waals surface area (Å²) in [5.74, 6) is 0.368. The van der Waals surface area contributed by atoms with E-state index in [9.17, 15) is 10.1 Å². The number of unbranched alkanes of at least 4 members (excludes halogenated alkanes) is 1. The monoisotopic (exact) mass is 280 g/mol. The third-order valence-electron chi connectivity index (χ3n) is 3.32. The Balaban J connectivity index is 2.42. The minimum atomic E-state index is -0.401. The predicted molar refractivity (Wildman–Crippen MR) is 81.1 cm³/mol. The molecule has 0 fully saturated rings. The molecule has 0 aliphatic rings. The Kier molecular flexibility index (Phi) is 6.38. The molecule has 0 saturated heterocycles. The molecule has 0 radical (unpaired) electrons. The lowest BCUT2D eigenvalue weighted by Crippen LogP contribution is -2.27. The zero-order valence-corrected chi connectivity index (χ0v) is 12.7. The van der Waals surface area contributed by atoms with Crippen molar-refractivity contribution in [3.63, 3.8) is 0 Å². The molecular weight excluding hydrogens is 256 g/mol. The van der Waals surface area contributed by atoms with Crippen molar-refractivity contribution in [3.8, 4) is 0 Å². The van der Waals surface area contributed by atoms with E-state index in [1.165, 1.54) is 6.07 Å². The summed E-state index contributed by atoms with van der Waals surface area (Å²) < 4.78 is 0. The lowest BCUT2D eigenvalue weighted by Gasteiger charge is -2.20. The highest BCUT2D eigenvalue weighted by Gasteiger charge is 2.14. The zero-order valence-electron chi connectivity index (χ0n) is 12.7. The SMILES string of the molecule is Cc1ccc([N+](=O)[O-])c(NCCCCN(C)C(C)C)n1. The van der Waals surface area contributed by atoms with Crippen molar-refractivity contribution in [2.75, 3.05) is 25.5 Å². The van der Waals surface area contributed by atoms with E-state index in [-0.39, 0.29) is 5.69 Å². The fourth-order valence-corrected chi connectivity index (χ4v) is 1.78. The summed E-state index contributed by atoms with van der Waals surface area (Å²) in [4.78, 5) is 17.0. The number of aryl methyl sites for hydroxylation is 1. The van der Waals surface area contributed by atoms with E-state index < -0.39 is 4.92 Å². The number of hydrogen-bond acceptors (Lipinski definition) is 5. The standard InChI is InChI=1S/C14H24N4O2/c1-11(2)17(4)10-6-5-9-15-14-13(18(19)20)8-7-12(3)16-14/h7-8,11H,5-6,9-10H2,1-4H3,(H,15,16). The smallest absolute Gasteiger partial charge is 0.311 e. The summed E-state index contributed by atoms with van der Waals surface area (Å²) in [6.45, 7) is 7.88. The van der Waals surface area contributed by atoms with Gasteiger partial charge in [0.2, 0.25) is 5.82 Å². The maximum absolute atomic E-state index is 10.9. The van der Waals surface area contributed by atoms with Crippen LogP contribution < -0.4 is 5.32 Å². The van der Waals surface area contributed by atoms with Gasteiger partial charge in [-0.3, -0.25) is 10.1 Å². The van der Waals surface area contributed by atoms with Crippen LogP contribution in [0.2, 0.25) is 0 Å². The first-order chi connectivity index (χ1) is 9.41. The molecule has 1 aromatic rings. The van der Waals surface area contributed by atoms with Gasteiger partial charge in [0.25, 0.3) is 0 Å². The van der Waals surface area contributed by atoms with Gasteiger partial charge in [0.15, 0.2) is 0 Å². The summed E-state index contributed by atoms with van der Waals surface area (Å²) in [6.07, 6.45) is 2.02. The normalized spacial score (nSPS) is 11.1. The number of nitrogens with zero attached hydrogens (tertiary/aromatic N) is 3. The van der Waals surface area contributed by atoms with Crippen molar-refractivity contribution in [2.24, 2.45) is 0 Å². The van der Waals surface area contributed by atoms with Gasteiger partial charge in [-0.05, 0) is 53.3 Å². The Hall–Kier alpha value is -1.69. The Morgan fingerprint density at radius 2 is 2.10 bits per heavy atom. The van der Waals surface area contributed by atoms with Crippen molar-refractivity contribution in [2.45, 2.75) is 39.7 Å². The largest absolute Gasteiger partial charge is 0.364 e. The van der Waals surface area contributed by atoms with Crippen LogP contribution in [0, 0.1) is 17.0 Å². The van der Waals surface area contributed by atoms with Gasteiger partial charge in [0.1, 0.15) is 0 Å². The highest BCUT2D eigenvalue weighted by atomic mass is 16.6. The van der Waals surface area contributed by atoms with Crippen LogP contribution in [0.3, 0.4) is 0 Å². The number of pyridine rings is 1. The van der Waals surface area contributed by atoms with Gasteiger partial charge in [-0.1, -0.05) is 0 Å². The topological polar surface area (TPSA) is 71.3 Å². The molecule has 6 heteroatoms. The van der Waals surface area contributed by atoms with Crippen LogP contribution in [-0.4, -0.2) is 41.0 Å². The van der Waals surface area contributed by atoms with Gasteiger partial charge in [-0.25, -0.2) is 4.98 Å². The molecule has 0 aromatic carbocycles. The highest BCUT2D eigenvalue weighted by molar-refractivity contribution is 5.55. The van der Waals surface area contributed by atoms with Crippen molar-refractivity contribution in [1.82, 2.24) is 9.88 Å². The number of rotatable bonds is 8. The summed E-state index contributed by atoms with van der Waals surface area (Å²) >= 11 is 0. The fraction of sp³-hybridized carbons (Fsp3) is 0.643. The maximum atomic E-state index is 10.9. The van der Waals surface area contributed by atoms with E-state index in [2.05, 4.69) is 36.1 Å². The van der Waals surface area contributed by atoms with Crippen LogP contribution in [0.1, 0.15) is 32.4 Å². The number of aromatic nitrogens is 1. The van der Waals surface area contributed by atoms with Crippen LogP contribution in [-0.2, 0) is 0 Å². The van der Waals surface area contributed by atoms with E-state index in [0.29, 0.717) is 18.4 Å². The van der Waals surface area contributed by atoms with E-state index in [1.54, 1.807) is 6.07 Å². The molecule has 1 rings (SSSR count). The van der Waals surface area contributed by atoms with Crippen molar-refractivity contribution in [1.29, 1.82) is 0 Å². The molecular formula is C14H24N4O2. The Labute approximate surface area is 120 Å². The van der Waals surface area contributed by atoms with E-state index in [0.717, 1.165) is 25.1 Å². The van der Waals surface area contributed by atoms with Crippen molar-refractivity contribution < 1.29 is 4.92 Å². The average molecular weight is 280 g/mol. The molecule has 0 amide bonds. The van der Waals surface area contributed by atoms with Crippen LogP contribution in [0.15, 0.2) is 12.1 Å². The first-order valence-electron chi connectivity index (χ1n) is 6.98. The second-order valence-corrected chi connectivity index (χ2v) is 5.29. The molecule has 0 atom stereocenters. The van der Waals surface area contributed by atoms with E-state index in [4.69, 9.17) is 0 Å². The first kappa shape index (κ1) is 16.4. The number of hydrogen-bond donors (Lipinski definition) is 1. The van der Waals surface area contributed by atoms with Gasteiger partial charge in [0, 0.05) is 24.3 Å². The molecule has 0 aliphatic heterocycles. The molecule has 1 N–H and O–H groups in total. The first-order valence-corrected chi connectivity index (χ1v) is 6.98. The number of nitro groups is 1. The van der Waals surface area contributed by atoms with Crippen LogP contribution >= 0.6 is 0 Å². The molecule has 0 spiro atoms. The highest BCUT2D eigenvalue weighted by Crippen LogP contribution is 2.21. The van der Waals surface area contributed by atoms with Crippen LogP contribution in [0.5, 0.6) is 0 Å². The molecule has 0 bridgehead atoms. The molecule has 1 heterocycles. The predicted octanol–water partition coefficient (Wildman–Crippen LogP) is 2.83.